The summed E-state index contributed by atoms with van der Waals surface area (Å²) in [5.41, 5.74) is 1.53. The number of nitrogens with one attached hydrogen (secondary N) is 1. The maximum atomic E-state index is 5.58. The Hall–Kier alpha value is -0.100. The number of benzene rings is 1. The first-order valence-electron chi connectivity index (χ1n) is 6.43. The zero-order valence-corrected chi connectivity index (χ0v) is 14.4. The molecular formula is C14H19Br2NO2. The molecule has 0 saturated carbocycles. The molecule has 1 saturated heterocycles. The van der Waals surface area contributed by atoms with Crippen LogP contribution in [0.4, 0.5) is 0 Å². The van der Waals surface area contributed by atoms with Gasteiger partial charge in [-0.2, -0.15) is 0 Å². The second-order valence-corrected chi connectivity index (χ2v) is 6.94. The molecule has 0 radical (unpaired) electrons. The normalized spacial score (nSPS) is 17.1. The fourth-order valence-electron chi connectivity index (χ4n) is 2.06. The lowest BCUT2D eigenvalue weighted by molar-refractivity contribution is -0.0991. The minimum atomic E-state index is 0.305. The number of halogens is 2. The van der Waals surface area contributed by atoms with Crippen LogP contribution in [0.5, 0.6) is 5.75 Å². The highest BCUT2D eigenvalue weighted by atomic mass is 79.9. The summed E-state index contributed by atoms with van der Waals surface area (Å²) in [6.45, 7) is 8.43. The molecule has 0 bridgehead atoms. The average Bonchev–Trinajstić information content (AvgIpc) is 2.32. The van der Waals surface area contributed by atoms with Crippen LogP contribution < -0.4 is 10.1 Å². The van der Waals surface area contributed by atoms with E-state index < -0.39 is 0 Å². The number of hydrogen-bond acceptors (Lipinski definition) is 3. The summed E-state index contributed by atoms with van der Waals surface area (Å²) in [6.07, 6.45) is 0. The number of rotatable bonds is 6. The topological polar surface area (TPSA) is 30.5 Å². The van der Waals surface area contributed by atoms with Crippen molar-refractivity contribution in [3.63, 3.8) is 0 Å². The highest BCUT2D eigenvalue weighted by molar-refractivity contribution is 9.11. The Bertz CT molecular complexity index is 424. The van der Waals surface area contributed by atoms with Crippen molar-refractivity contribution in [2.75, 3.05) is 26.4 Å². The second-order valence-electron chi connectivity index (χ2n) is 5.23. The lowest BCUT2D eigenvalue weighted by Gasteiger charge is -2.38. The minimum Gasteiger partial charge on any atom is -0.492 e. The van der Waals surface area contributed by atoms with Crippen molar-refractivity contribution in [1.82, 2.24) is 5.32 Å². The summed E-state index contributed by atoms with van der Waals surface area (Å²) >= 11 is 7.10. The van der Waals surface area contributed by atoms with Crippen molar-refractivity contribution in [3.8, 4) is 5.75 Å². The molecule has 0 spiro atoms. The highest BCUT2D eigenvalue weighted by Crippen LogP contribution is 2.34. The zero-order valence-electron chi connectivity index (χ0n) is 11.3. The second kappa shape index (κ2) is 6.57. The highest BCUT2D eigenvalue weighted by Gasteiger charge is 2.32. The van der Waals surface area contributed by atoms with Crippen molar-refractivity contribution >= 4 is 31.9 Å². The Kier molecular flexibility index (Phi) is 5.29. The summed E-state index contributed by atoms with van der Waals surface area (Å²) in [7, 11) is 0. The van der Waals surface area contributed by atoms with E-state index in [1.54, 1.807) is 0 Å². The predicted octanol–water partition coefficient (Wildman–Crippen LogP) is 3.74. The molecule has 0 amide bonds. The molecule has 19 heavy (non-hydrogen) atoms. The van der Waals surface area contributed by atoms with Crippen LogP contribution >= 0.6 is 31.9 Å². The van der Waals surface area contributed by atoms with Gasteiger partial charge in [0.05, 0.1) is 28.8 Å². The summed E-state index contributed by atoms with van der Waals surface area (Å²) in [4.78, 5) is 0. The largest absolute Gasteiger partial charge is 0.492 e. The van der Waals surface area contributed by atoms with Crippen LogP contribution in [-0.4, -0.2) is 26.4 Å². The molecule has 2 rings (SSSR count). The molecule has 1 heterocycles. The smallest absolute Gasteiger partial charge is 0.147 e. The van der Waals surface area contributed by atoms with Gasteiger partial charge in [0.1, 0.15) is 5.75 Å². The Morgan fingerprint density at radius 3 is 2.42 bits per heavy atom. The standard InChI is InChI=1S/C14H19Br2NO2/c1-3-19-13-11(15)4-10(5-12(13)16)6-17-7-14(2)8-18-9-14/h4-5,17H,3,6-9H2,1-2H3. The third kappa shape index (κ3) is 3.94. The van der Waals surface area contributed by atoms with E-state index in [1.807, 2.05) is 6.92 Å². The molecule has 0 unspecified atom stereocenters. The first kappa shape index (κ1) is 15.3. The number of hydrogen-bond donors (Lipinski definition) is 1. The molecule has 3 nitrogen and oxygen atoms in total. The Morgan fingerprint density at radius 2 is 1.95 bits per heavy atom. The fourth-order valence-corrected chi connectivity index (χ4v) is 3.57. The predicted molar refractivity (Wildman–Crippen MR) is 83.6 cm³/mol. The van der Waals surface area contributed by atoms with E-state index in [4.69, 9.17) is 9.47 Å². The Morgan fingerprint density at radius 1 is 1.32 bits per heavy atom. The minimum absolute atomic E-state index is 0.305. The molecule has 1 aliphatic heterocycles. The Balaban J connectivity index is 1.93. The van der Waals surface area contributed by atoms with Gasteiger partial charge in [0.25, 0.3) is 0 Å². The quantitative estimate of drug-likeness (QED) is 0.799. The van der Waals surface area contributed by atoms with Crippen LogP contribution in [0.2, 0.25) is 0 Å². The lowest BCUT2D eigenvalue weighted by atomic mass is 9.89. The van der Waals surface area contributed by atoms with Gasteiger partial charge in [-0.15, -0.1) is 0 Å². The summed E-state index contributed by atoms with van der Waals surface area (Å²) < 4.78 is 12.8. The van der Waals surface area contributed by atoms with Crippen LogP contribution in [-0.2, 0) is 11.3 Å². The van der Waals surface area contributed by atoms with E-state index >= 15 is 0 Å². The molecule has 1 aromatic carbocycles. The first-order chi connectivity index (χ1) is 9.04. The summed E-state index contributed by atoms with van der Waals surface area (Å²) in [5, 5.41) is 3.49. The average molecular weight is 393 g/mol. The van der Waals surface area contributed by atoms with Crippen molar-refractivity contribution in [3.05, 3.63) is 26.6 Å². The van der Waals surface area contributed by atoms with Gasteiger partial charge in [-0.3, -0.25) is 0 Å². The van der Waals surface area contributed by atoms with Crippen LogP contribution in [0, 0.1) is 5.41 Å². The summed E-state index contributed by atoms with van der Waals surface area (Å²) in [5.74, 6) is 0.866. The van der Waals surface area contributed by atoms with Gasteiger partial charge in [0.2, 0.25) is 0 Å². The molecule has 1 aliphatic rings. The molecular weight excluding hydrogens is 374 g/mol. The molecule has 0 aliphatic carbocycles. The van der Waals surface area contributed by atoms with Crippen molar-refractivity contribution in [1.29, 1.82) is 0 Å². The molecule has 0 atom stereocenters. The molecule has 0 aromatic heterocycles. The third-order valence-electron chi connectivity index (χ3n) is 3.13. The van der Waals surface area contributed by atoms with Gasteiger partial charge < -0.3 is 14.8 Å². The maximum absolute atomic E-state index is 5.58. The van der Waals surface area contributed by atoms with Gasteiger partial charge in [-0.05, 0) is 56.5 Å². The fraction of sp³-hybridized carbons (Fsp3) is 0.571. The van der Waals surface area contributed by atoms with Crippen LogP contribution in [0.1, 0.15) is 19.4 Å². The monoisotopic (exact) mass is 391 g/mol. The zero-order chi connectivity index (χ0) is 13.9. The van der Waals surface area contributed by atoms with Crippen molar-refractivity contribution in [2.45, 2.75) is 20.4 Å². The van der Waals surface area contributed by atoms with Gasteiger partial charge >= 0.3 is 0 Å². The Labute approximate surface area is 131 Å². The van der Waals surface area contributed by atoms with E-state index in [1.165, 1.54) is 5.56 Å². The third-order valence-corrected chi connectivity index (χ3v) is 4.31. The van der Waals surface area contributed by atoms with E-state index in [0.717, 1.165) is 41.0 Å². The van der Waals surface area contributed by atoms with E-state index in [-0.39, 0.29) is 0 Å². The SMILES string of the molecule is CCOc1c(Br)cc(CNCC2(C)COC2)cc1Br. The lowest BCUT2D eigenvalue weighted by Crippen LogP contribution is -2.47. The van der Waals surface area contributed by atoms with Crippen LogP contribution in [0.15, 0.2) is 21.1 Å². The first-order valence-corrected chi connectivity index (χ1v) is 8.02. The van der Waals surface area contributed by atoms with E-state index in [2.05, 4.69) is 56.2 Å². The van der Waals surface area contributed by atoms with Crippen molar-refractivity contribution < 1.29 is 9.47 Å². The molecule has 1 N–H and O–H groups in total. The molecule has 1 fully saturated rings. The van der Waals surface area contributed by atoms with Gasteiger partial charge in [-0.1, -0.05) is 6.92 Å². The van der Waals surface area contributed by atoms with Gasteiger partial charge in [0, 0.05) is 18.5 Å². The van der Waals surface area contributed by atoms with Gasteiger partial charge in [-0.25, -0.2) is 0 Å². The molecule has 106 valence electrons. The summed E-state index contributed by atoms with van der Waals surface area (Å²) in [6, 6.07) is 4.20. The van der Waals surface area contributed by atoms with Crippen LogP contribution in [0.3, 0.4) is 0 Å². The van der Waals surface area contributed by atoms with Crippen LogP contribution in [0.25, 0.3) is 0 Å². The molecule has 1 aromatic rings. The van der Waals surface area contributed by atoms with E-state index in [0.29, 0.717) is 12.0 Å². The van der Waals surface area contributed by atoms with Gasteiger partial charge in [0.15, 0.2) is 0 Å². The molecule has 5 heteroatoms. The number of ether oxygens (including phenoxy) is 2. The van der Waals surface area contributed by atoms with E-state index in [9.17, 15) is 0 Å². The maximum Gasteiger partial charge on any atom is 0.147 e. The van der Waals surface area contributed by atoms with Crippen molar-refractivity contribution in [2.24, 2.45) is 5.41 Å².